The Labute approximate surface area is 112 Å². The van der Waals surface area contributed by atoms with Gasteiger partial charge in [-0.25, -0.2) is 0 Å². The minimum Gasteiger partial charge on any atom is -0.389 e. The second kappa shape index (κ2) is 7.25. The molecule has 0 spiro atoms. The largest absolute Gasteiger partial charge is 0.389 e. The highest BCUT2D eigenvalue weighted by molar-refractivity contribution is 7.85. The third-order valence-electron chi connectivity index (χ3n) is 2.22. The molecule has 1 aromatic carbocycles. The van der Waals surface area contributed by atoms with Crippen LogP contribution in [-0.4, -0.2) is 43.9 Å². The molecular formula is C12H17NO5S. The highest BCUT2D eigenvalue weighted by Gasteiger charge is 2.10. The van der Waals surface area contributed by atoms with E-state index in [1.807, 2.05) is 0 Å². The number of aliphatic hydroxyl groups excluding tert-OH is 1. The van der Waals surface area contributed by atoms with Crippen LogP contribution in [0.2, 0.25) is 0 Å². The Bertz CT molecular complexity index is 515. The molecular weight excluding hydrogens is 270 g/mol. The van der Waals surface area contributed by atoms with E-state index in [0.29, 0.717) is 12.3 Å². The second-order valence-electron chi connectivity index (χ2n) is 3.86. The van der Waals surface area contributed by atoms with Crippen molar-refractivity contribution in [3.63, 3.8) is 0 Å². The summed E-state index contributed by atoms with van der Waals surface area (Å²) in [6.07, 6.45) is 0.852. The zero-order chi connectivity index (χ0) is 14.3. The van der Waals surface area contributed by atoms with Gasteiger partial charge in [0, 0.05) is 12.2 Å². The summed E-state index contributed by atoms with van der Waals surface area (Å²) >= 11 is 0. The van der Waals surface area contributed by atoms with Gasteiger partial charge >= 0.3 is 0 Å². The van der Waals surface area contributed by atoms with E-state index in [2.05, 4.69) is 11.9 Å². The Balaban J connectivity index is 2.51. The average Bonchev–Trinajstić information content (AvgIpc) is 2.36. The molecule has 6 nitrogen and oxygen atoms in total. The zero-order valence-electron chi connectivity index (χ0n) is 10.3. The number of hydrogen-bond acceptors (Lipinski definition) is 5. The van der Waals surface area contributed by atoms with Crippen molar-refractivity contribution in [3.05, 3.63) is 36.9 Å². The highest BCUT2D eigenvalue weighted by Crippen LogP contribution is 2.14. The summed E-state index contributed by atoms with van der Waals surface area (Å²) in [7, 11) is -4.22. The van der Waals surface area contributed by atoms with Gasteiger partial charge in [0.25, 0.3) is 10.1 Å². The Morgan fingerprint density at radius 2 is 2.21 bits per heavy atom. The maximum Gasteiger partial charge on any atom is 0.294 e. The van der Waals surface area contributed by atoms with Crippen molar-refractivity contribution >= 4 is 15.8 Å². The van der Waals surface area contributed by atoms with Crippen molar-refractivity contribution in [2.45, 2.75) is 11.0 Å². The van der Waals surface area contributed by atoms with E-state index >= 15 is 0 Å². The summed E-state index contributed by atoms with van der Waals surface area (Å²) in [5.74, 6) is 0. The van der Waals surface area contributed by atoms with Crippen LogP contribution in [0.3, 0.4) is 0 Å². The molecule has 0 bridgehead atoms. The third-order valence-corrected chi connectivity index (χ3v) is 3.07. The van der Waals surface area contributed by atoms with Gasteiger partial charge in [0.1, 0.15) is 0 Å². The molecule has 0 aliphatic carbocycles. The van der Waals surface area contributed by atoms with Gasteiger partial charge in [-0.15, -0.1) is 6.58 Å². The monoisotopic (exact) mass is 287 g/mol. The molecule has 0 aliphatic heterocycles. The number of hydrogen-bond donors (Lipinski definition) is 3. The van der Waals surface area contributed by atoms with Gasteiger partial charge in [-0.2, -0.15) is 8.42 Å². The quantitative estimate of drug-likeness (QED) is 0.373. The minimum absolute atomic E-state index is 0.150. The summed E-state index contributed by atoms with van der Waals surface area (Å²) in [5, 5.41) is 12.4. The number of nitrogens with one attached hydrogen (secondary N) is 1. The maximum atomic E-state index is 10.9. The van der Waals surface area contributed by atoms with Gasteiger partial charge in [-0.05, 0) is 18.2 Å². The maximum absolute atomic E-state index is 10.9. The Morgan fingerprint density at radius 1 is 1.47 bits per heavy atom. The molecule has 7 heteroatoms. The van der Waals surface area contributed by atoms with Gasteiger partial charge in [-0.1, -0.05) is 12.1 Å². The van der Waals surface area contributed by atoms with E-state index in [4.69, 9.17) is 9.29 Å². The predicted octanol–water partition coefficient (Wildman–Crippen LogP) is 0.909. The van der Waals surface area contributed by atoms with Gasteiger partial charge in [0.05, 0.1) is 24.2 Å². The summed E-state index contributed by atoms with van der Waals surface area (Å²) < 4.78 is 35.9. The lowest BCUT2D eigenvalue weighted by molar-refractivity contribution is 0.0566. The lowest BCUT2D eigenvalue weighted by Crippen LogP contribution is -2.24. The average molecular weight is 287 g/mol. The zero-order valence-corrected chi connectivity index (χ0v) is 11.1. The van der Waals surface area contributed by atoms with E-state index in [0.717, 1.165) is 0 Å². The number of rotatable bonds is 8. The molecule has 106 valence electrons. The Morgan fingerprint density at radius 3 is 2.84 bits per heavy atom. The molecule has 3 N–H and O–H groups in total. The summed E-state index contributed by atoms with van der Waals surface area (Å²) in [6.45, 7) is 4.19. The van der Waals surface area contributed by atoms with Crippen LogP contribution >= 0.6 is 0 Å². The molecule has 0 fully saturated rings. The molecule has 0 heterocycles. The van der Waals surface area contributed by atoms with E-state index in [1.165, 1.54) is 18.2 Å². The molecule has 1 unspecified atom stereocenters. The predicted molar refractivity (Wildman–Crippen MR) is 71.8 cm³/mol. The van der Waals surface area contributed by atoms with Gasteiger partial charge in [-0.3, -0.25) is 4.55 Å². The van der Waals surface area contributed by atoms with Crippen molar-refractivity contribution in [1.29, 1.82) is 0 Å². The van der Waals surface area contributed by atoms with Gasteiger partial charge < -0.3 is 15.2 Å². The first-order valence-electron chi connectivity index (χ1n) is 5.61. The number of benzene rings is 1. The van der Waals surface area contributed by atoms with Crippen molar-refractivity contribution in [2.24, 2.45) is 0 Å². The SMILES string of the molecule is C=CCOCC(O)CNc1cccc(S(=O)(=O)O)c1. The van der Waals surface area contributed by atoms with Crippen molar-refractivity contribution in [1.82, 2.24) is 0 Å². The topological polar surface area (TPSA) is 95.9 Å². The van der Waals surface area contributed by atoms with E-state index in [1.54, 1.807) is 12.1 Å². The normalized spacial score (nSPS) is 12.9. The molecule has 1 atom stereocenters. The van der Waals surface area contributed by atoms with Crippen LogP contribution in [0.15, 0.2) is 41.8 Å². The molecule has 1 rings (SSSR count). The second-order valence-corrected chi connectivity index (χ2v) is 5.29. The highest BCUT2D eigenvalue weighted by atomic mass is 32.2. The first-order chi connectivity index (χ1) is 8.93. The number of aliphatic hydroxyl groups is 1. The van der Waals surface area contributed by atoms with Crippen LogP contribution in [0.1, 0.15) is 0 Å². The summed E-state index contributed by atoms with van der Waals surface area (Å²) in [6, 6.07) is 5.69. The smallest absolute Gasteiger partial charge is 0.294 e. The molecule has 19 heavy (non-hydrogen) atoms. The van der Waals surface area contributed by atoms with Crippen molar-refractivity contribution in [3.8, 4) is 0 Å². The van der Waals surface area contributed by atoms with Crippen molar-refractivity contribution in [2.75, 3.05) is 25.1 Å². The first kappa shape index (κ1) is 15.6. The number of anilines is 1. The summed E-state index contributed by atoms with van der Waals surface area (Å²) in [4.78, 5) is -0.199. The van der Waals surface area contributed by atoms with Crippen LogP contribution in [0.25, 0.3) is 0 Å². The van der Waals surface area contributed by atoms with E-state index in [9.17, 15) is 13.5 Å². The van der Waals surface area contributed by atoms with Crippen LogP contribution in [0, 0.1) is 0 Å². The molecule has 0 aliphatic rings. The summed E-state index contributed by atoms with van der Waals surface area (Å²) in [5.41, 5.74) is 0.484. The lowest BCUT2D eigenvalue weighted by Gasteiger charge is -2.13. The third kappa shape index (κ3) is 5.84. The fourth-order valence-corrected chi connectivity index (χ4v) is 1.87. The van der Waals surface area contributed by atoms with Gasteiger partial charge in [0.2, 0.25) is 0 Å². The van der Waals surface area contributed by atoms with Crippen LogP contribution in [0.4, 0.5) is 5.69 Å². The standard InChI is InChI=1S/C12H17NO5S/c1-2-6-18-9-11(14)8-13-10-4-3-5-12(7-10)19(15,16)17/h2-5,7,11,13-14H,1,6,8-9H2,(H,15,16,17). The Hall–Kier alpha value is -1.41. The fourth-order valence-electron chi connectivity index (χ4n) is 1.35. The molecule has 0 aromatic heterocycles. The van der Waals surface area contributed by atoms with Crippen LogP contribution in [-0.2, 0) is 14.9 Å². The molecule has 0 amide bonds. The molecule has 0 saturated carbocycles. The number of ether oxygens (including phenoxy) is 1. The van der Waals surface area contributed by atoms with E-state index < -0.39 is 16.2 Å². The van der Waals surface area contributed by atoms with E-state index in [-0.39, 0.29) is 18.0 Å². The Kier molecular flexibility index (Phi) is 5.97. The molecule has 1 aromatic rings. The van der Waals surface area contributed by atoms with Gasteiger partial charge in [0.15, 0.2) is 0 Å². The van der Waals surface area contributed by atoms with Crippen molar-refractivity contribution < 1.29 is 22.8 Å². The van der Waals surface area contributed by atoms with Crippen LogP contribution in [0.5, 0.6) is 0 Å². The lowest BCUT2D eigenvalue weighted by atomic mass is 10.3. The first-order valence-corrected chi connectivity index (χ1v) is 7.05. The van der Waals surface area contributed by atoms with Crippen LogP contribution < -0.4 is 5.32 Å². The fraction of sp³-hybridized carbons (Fsp3) is 0.333. The molecule has 0 saturated heterocycles. The molecule has 0 radical (unpaired) electrons. The minimum atomic E-state index is -4.22.